The predicted molar refractivity (Wildman–Crippen MR) is 92.2 cm³/mol. The molecule has 7 nitrogen and oxygen atoms in total. The fourth-order valence-corrected chi connectivity index (χ4v) is 3.78. The molecule has 0 aliphatic carbocycles. The van der Waals surface area contributed by atoms with Gasteiger partial charge in [0.05, 0.1) is 18.6 Å². The molecule has 2 aliphatic rings. The highest BCUT2D eigenvalue weighted by molar-refractivity contribution is 5.93. The van der Waals surface area contributed by atoms with Gasteiger partial charge in [0.15, 0.2) is 0 Å². The molecule has 0 radical (unpaired) electrons. The monoisotopic (exact) mass is 347 g/mol. The van der Waals surface area contributed by atoms with E-state index in [2.05, 4.69) is 0 Å². The molecule has 0 aromatic carbocycles. The SMILES string of the molecule is CN(C)C(=O)[C@@H]1CO[C@@H]2CCN(C(=O)c3cccn(C)c3=O)C[C@@H]2C1. The first kappa shape index (κ1) is 17.7. The zero-order valence-electron chi connectivity index (χ0n) is 15.0. The lowest BCUT2D eigenvalue weighted by molar-refractivity contribution is -0.145. The lowest BCUT2D eigenvalue weighted by atomic mass is 9.83. The molecular formula is C18H25N3O4. The van der Waals surface area contributed by atoms with E-state index in [0.717, 1.165) is 12.8 Å². The van der Waals surface area contributed by atoms with Gasteiger partial charge >= 0.3 is 0 Å². The van der Waals surface area contributed by atoms with Crippen molar-refractivity contribution < 1.29 is 14.3 Å². The molecule has 0 bridgehead atoms. The Morgan fingerprint density at radius 3 is 2.80 bits per heavy atom. The summed E-state index contributed by atoms with van der Waals surface area (Å²) in [5.74, 6) is -0.191. The Balaban J connectivity index is 1.72. The number of aryl methyl sites for hydroxylation is 1. The molecule has 1 aromatic rings. The third kappa shape index (κ3) is 3.46. The second-order valence-corrected chi connectivity index (χ2v) is 7.17. The van der Waals surface area contributed by atoms with E-state index in [1.54, 1.807) is 49.3 Å². The molecule has 136 valence electrons. The molecule has 3 rings (SSSR count). The quantitative estimate of drug-likeness (QED) is 0.773. The van der Waals surface area contributed by atoms with E-state index >= 15 is 0 Å². The van der Waals surface area contributed by atoms with Crippen LogP contribution in [0.15, 0.2) is 23.1 Å². The van der Waals surface area contributed by atoms with Crippen LogP contribution >= 0.6 is 0 Å². The number of carbonyl (C=O) groups is 2. The molecule has 2 fully saturated rings. The lowest BCUT2D eigenvalue weighted by Gasteiger charge is -2.43. The van der Waals surface area contributed by atoms with E-state index in [-0.39, 0.29) is 40.9 Å². The third-order valence-corrected chi connectivity index (χ3v) is 5.19. The van der Waals surface area contributed by atoms with Crippen molar-refractivity contribution in [1.29, 1.82) is 0 Å². The summed E-state index contributed by atoms with van der Waals surface area (Å²) in [5.41, 5.74) is -0.0868. The fraction of sp³-hybridized carbons (Fsp3) is 0.611. The Labute approximate surface area is 147 Å². The third-order valence-electron chi connectivity index (χ3n) is 5.19. The average Bonchev–Trinajstić information content (AvgIpc) is 2.61. The maximum atomic E-state index is 12.8. The van der Waals surface area contributed by atoms with Crippen molar-refractivity contribution in [3.05, 3.63) is 34.2 Å². The van der Waals surface area contributed by atoms with E-state index < -0.39 is 0 Å². The van der Waals surface area contributed by atoms with E-state index in [1.165, 1.54) is 4.57 Å². The van der Waals surface area contributed by atoms with Crippen molar-refractivity contribution >= 4 is 11.8 Å². The van der Waals surface area contributed by atoms with Gasteiger partial charge < -0.3 is 19.1 Å². The Morgan fingerprint density at radius 2 is 2.08 bits per heavy atom. The molecule has 3 heterocycles. The van der Waals surface area contributed by atoms with Crippen molar-refractivity contribution in [3.63, 3.8) is 0 Å². The Bertz CT molecular complexity index is 727. The maximum Gasteiger partial charge on any atom is 0.263 e. The number of pyridine rings is 1. The number of likely N-dealkylation sites (tertiary alicyclic amines) is 1. The van der Waals surface area contributed by atoms with Crippen molar-refractivity contribution in [3.8, 4) is 0 Å². The summed E-state index contributed by atoms with van der Waals surface area (Å²) in [6.45, 7) is 1.55. The summed E-state index contributed by atoms with van der Waals surface area (Å²) in [4.78, 5) is 40.5. The van der Waals surface area contributed by atoms with Gasteiger partial charge in [-0.1, -0.05) is 0 Å². The molecule has 0 N–H and O–H groups in total. The van der Waals surface area contributed by atoms with Gasteiger partial charge in [0.25, 0.3) is 11.5 Å². The van der Waals surface area contributed by atoms with Gasteiger partial charge in [-0.3, -0.25) is 14.4 Å². The van der Waals surface area contributed by atoms with Gasteiger partial charge in [0.1, 0.15) is 5.56 Å². The maximum absolute atomic E-state index is 12.8. The molecular weight excluding hydrogens is 322 g/mol. The fourth-order valence-electron chi connectivity index (χ4n) is 3.78. The van der Waals surface area contributed by atoms with Crippen molar-refractivity contribution in [2.24, 2.45) is 18.9 Å². The van der Waals surface area contributed by atoms with Gasteiger partial charge in [-0.25, -0.2) is 0 Å². The van der Waals surface area contributed by atoms with Crippen molar-refractivity contribution in [1.82, 2.24) is 14.4 Å². The van der Waals surface area contributed by atoms with Crippen LogP contribution in [0.3, 0.4) is 0 Å². The molecule has 7 heteroatoms. The first-order valence-corrected chi connectivity index (χ1v) is 8.66. The van der Waals surface area contributed by atoms with Gasteiger partial charge in [-0.15, -0.1) is 0 Å². The highest BCUT2D eigenvalue weighted by Crippen LogP contribution is 2.32. The number of hydrogen-bond donors (Lipinski definition) is 0. The van der Waals surface area contributed by atoms with Crippen LogP contribution in [0.25, 0.3) is 0 Å². The zero-order chi connectivity index (χ0) is 18.1. The number of aromatic nitrogens is 1. The summed E-state index contributed by atoms with van der Waals surface area (Å²) in [7, 11) is 5.13. The molecule has 0 saturated carbocycles. The standard InChI is InChI=1S/C18H25N3O4/c1-19(2)16(22)13-9-12-10-21(8-6-15(12)25-11-13)18(24)14-5-4-7-20(3)17(14)23/h4-5,7,12-13,15H,6,8-11H2,1-3H3/t12-,13-,15+/m0/s1. The molecule has 2 aliphatic heterocycles. The van der Waals surface area contributed by atoms with Crippen LogP contribution in [0.1, 0.15) is 23.2 Å². The van der Waals surface area contributed by atoms with Crippen LogP contribution in [0.2, 0.25) is 0 Å². The number of hydrogen-bond acceptors (Lipinski definition) is 4. The zero-order valence-corrected chi connectivity index (χ0v) is 15.0. The first-order chi connectivity index (χ1) is 11.9. The van der Waals surface area contributed by atoms with E-state index in [0.29, 0.717) is 19.7 Å². The van der Waals surface area contributed by atoms with Crippen LogP contribution in [0.4, 0.5) is 0 Å². The molecule has 2 amide bonds. The summed E-state index contributed by atoms with van der Waals surface area (Å²) in [5, 5.41) is 0. The highest BCUT2D eigenvalue weighted by Gasteiger charge is 2.40. The summed E-state index contributed by atoms with van der Waals surface area (Å²) >= 11 is 0. The largest absolute Gasteiger partial charge is 0.377 e. The van der Waals surface area contributed by atoms with E-state index in [1.807, 2.05) is 0 Å². The van der Waals surface area contributed by atoms with Gasteiger partial charge in [0, 0.05) is 46.3 Å². The molecule has 1 aromatic heterocycles. The van der Waals surface area contributed by atoms with Crippen LogP contribution in [-0.4, -0.2) is 66.1 Å². The number of amides is 2. The number of rotatable bonds is 2. The number of piperidine rings is 1. The van der Waals surface area contributed by atoms with Crippen molar-refractivity contribution in [2.75, 3.05) is 33.8 Å². The number of fused-ring (bicyclic) bond motifs is 1. The van der Waals surface area contributed by atoms with Gasteiger partial charge in [-0.2, -0.15) is 0 Å². The minimum Gasteiger partial charge on any atom is -0.377 e. The lowest BCUT2D eigenvalue weighted by Crippen LogP contribution is -2.52. The van der Waals surface area contributed by atoms with Gasteiger partial charge in [-0.05, 0) is 25.0 Å². The minimum atomic E-state index is -0.282. The molecule has 0 spiro atoms. The molecule has 3 atom stereocenters. The number of ether oxygens (including phenoxy) is 1. The predicted octanol–water partition coefficient (Wildman–Crippen LogP) is 0.341. The topological polar surface area (TPSA) is 71.8 Å². The Kier molecular flexibility index (Phi) is 4.94. The summed E-state index contributed by atoms with van der Waals surface area (Å²) in [6.07, 6.45) is 3.19. The van der Waals surface area contributed by atoms with E-state index in [4.69, 9.17) is 4.74 Å². The van der Waals surface area contributed by atoms with E-state index in [9.17, 15) is 14.4 Å². The molecule has 25 heavy (non-hydrogen) atoms. The minimum absolute atomic E-state index is 0.0684. The number of nitrogens with zero attached hydrogens (tertiary/aromatic N) is 3. The van der Waals surface area contributed by atoms with Crippen LogP contribution in [0, 0.1) is 11.8 Å². The first-order valence-electron chi connectivity index (χ1n) is 8.66. The van der Waals surface area contributed by atoms with Crippen LogP contribution < -0.4 is 5.56 Å². The second-order valence-electron chi connectivity index (χ2n) is 7.17. The normalized spacial score (nSPS) is 26.0. The molecule has 0 unspecified atom stereocenters. The summed E-state index contributed by atoms with van der Waals surface area (Å²) in [6, 6.07) is 3.28. The smallest absolute Gasteiger partial charge is 0.263 e. The summed E-state index contributed by atoms with van der Waals surface area (Å²) < 4.78 is 7.30. The van der Waals surface area contributed by atoms with Crippen molar-refractivity contribution in [2.45, 2.75) is 18.9 Å². The molecule has 2 saturated heterocycles. The van der Waals surface area contributed by atoms with Crippen LogP contribution in [0.5, 0.6) is 0 Å². The second kappa shape index (κ2) is 7.00. The Hall–Kier alpha value is -2.15. The van der Waals surface area contributed by atoms with Gasteiger partial charge in [0.2, 0.25) is 5.91 Å². The average molecular weight is 347 g/mol. The highest BCUT2D eigenvalue weighted by atomic mass is 16.5. The number of carbonyl (C=O) groups excluding carboxylic acids is 2. The van der Waals surface area contributed by atoms with Crippen LogP contribution in [-0.2, 0) is 16.6 Å². The Morgan fingerprint density at radius 1 is 1.32 bits per heavy atom.